The second-order valence-electron chi connectivity index (χ2n) is 3.94. The number of aliphatic hydroxyl groups excluding tert-OH is 1. The minimum atomic E-state index is -0.888. The average Bonchev–Trinajstić information content (AvgIpc) is 2.23. The number of nitrogens with one attached hydrogen (secondary N) is 1. The van der Waals surface area contributed by atoms with Crippen molar-refractivity contribution in [3.63, 3.8) is 0 Å². The fraction of sp³-hybridized carbons (Fsp3) is 0.417. The van der Waals surface area contributed by atoms with Crippen LogP contribution < -0.4 is 5.32 Å². The molecule has 0 spiro atoms. The average molecular weight is 243 g/mol. The second kappa shape index (κ2) is 5.72. The fourth-order valence-corrected chi connectivity index (χ4v) is 1.65. The molecule has 1 rings (SSSR count). The molecular formula is C12H15F2NO2. The fourth-order valence-electron chi connectivity index (χ4n) is 1.65. The van der Waals surface area contributed by atoms with Crippen molar-refractivity contribution < 1.29 is 18.7 Å². The summed E-state index contributed by atoms with van der Waals surface area (Å²) in [5.74, 6) is -2.46. The summed E-state index contributed by atoms with van der Waals surface area (Å²) >= 11 is 0. The van der Waals surface area contributed by atoms with Crippen LogP contribution >= 0.6 is 0 Å². The Kier molecular flexibility index (Phi) is 4.57. The maximum atomic E-state index is 13.0. The van der Waals surface area contributed by atoms with Gasteiger partial charge in [0.1, 0.15) is 11.6 Å². The number of carbonyl (C=O) groups is 1. The largest absolute Gasteiger partial charge is 0.393 e. The Hall–Kier alpha value is -1.49. The maximum absolute atomic E-state index is 13.0. The third-order valence-electron chi connectivity index (χ3n) is 2.54. The summed E-state index contributed by atoms with van der Waals surface area (Å²) in [5, 5.41) is 11.9. The van der Waals surface area contributed by atoms with Crippen LogP contribution in [0.1, 0.15) is 12.5 Å². The van der Waals surface area contributed by atoms with Crippen LogP contribution in [0.4, 0.5) is 8.78 Å². The van der Waals surface area contributed by atoms with Gasteiger partial charge in [0.2, 0.25) is 5.91 Å². The van der Waals surface area contributed by atoms with E-state index in [2.05, 4.69) is 5.32 Å². The molecule has 0 radical (unpaired) electrons. The summed E-state index contributed by atoms with van der Waals surface area (Å²) in [6, 6.07) is 3.07. The van der Waals surface area contributed by atoms with E-state index in [9.17, 15) is 18.7 Å². The number of carbonyl (C=O) groups excluding carboxylic acids is 1. The Morgan fingerprint density at radius 1 is 1.35 bits per heavy atom. The van der Waals surface area contributed by atoms with E-state index in [1.165, 1.54) is 14.0 Å². The predicted octanol–water partition coefficient (Wildman–Crippen LogP) is 1.25. The van der Waals surface area contributed by atoms with Crippen molar-refractivity contribution >= 4 is 5.91 Å². The van der Waals surface area contributed by atoms with Gasteiger partial charge in [-0.25, -0.2) is 8.78 Å². The van der Waals surface area contributed by atoms with Gasteiger partial charge < -0.3 is 10.4 Å². The number of halogens is 2. The Morgan fingerprint density at radius 2 is 1.88 bits per heavy atom. The third kappa shape index (κ3) is 3.78. The van der Waals surface area contributed by atoms with Gasteiger partial charge in [-0.2, -0.15) is 0 Å². The SMILES string of the molecule is CNC(=O)C(Cc1cc(F)cc(F)c1)C(C)O. The third-order valence-corrected chi connectivity index (χ3v) is 2.54. The highest BCUT2D eigenvalue weighted by molar-refractivity contribution is 5.79. The molecule has 0 aromatic heterocycles. The molecule has 5 heteroatoms. The first-order valence-corrected chi connectivity index (χ1v) is 5.28. The summed E-state index contributed by atoms with van der Waals surface area (Å²) in [5.41, 5.74) is 0.344. The smallest absolute Gasteiger partial charge is 0.225 e. The highest BCUT2D eigenvalue weighted by Crippen LogP contribution is 2.15. The number of benzene rings is 1. The van der Waals surface area contributed by atoms with E-state index in [-0.39, 0.29) is 12.3 Å². The molecular weight excluding hydrogens is 228 g/mol. The zero-order valence-electron chi connectivity index (χ0n) is 9.71. The number of hydrogen-bond donors (Lipinski definition) is 2. The van der Waals surface area contributed by atoms with Crippen LogP contribution in [0.5, 0.6) is 0 Å². The van der Waals surface area contributed by atoms with Gasteiger partial charge in [-0.15, -0.1) is 0 Å². The van der Waals surface area contributed by atoms with Crippen molar-refractivity contribution in [2.75, 3.05) is 7.05 Å². The van der Waals surface area contributed by atoms with Gasteiger partial charge in [-0.05, 0) is 31.0 Å². The van der Waals surface area contributed by atoms with Crippen LogP contribution in [-0.4, -0.2) is 24.2 Å². The van der Waals surface area contributed by atoms with Crippen LogP contribution in [0.15, 0.2) is 18.2 Å². The first kappa shape index (κ1) is 13.6. The molecule has 0 bridgehead atoms. The second-order valence-corrected chi connectivity index (χ2v) is 3.94. The minimum Gasteiger partial charge on any atom is -0.393 e. The highest BCUT2D eigenvalue weighted by atomic mass is 19.1. The van der Waals surface area contributed by atoms with Crippen molar-refractivity contribution in [3.05, 3.63) is 35.4 Å². The van der Waals surface area contributed by atoms with Crippen LogP contribution in [0.2, 0.25) is 0 Å². The number of rotatable bonds is 4. The first-order chi connectivity index (χ1) is 7.93. The Bertz CT molecular complexity index is 387. The molecule has 0 saturated carbocycles. The number of hydrogen-bond acceptors (Lipinski definition) is 2. The zero-order chi connectivity index (χ0) is 13.0. The van der Waals surface area contributed by atoms with E-state index in [4.69, 9.17) is 0 Å². The van der Waals surface area contributed by atoms with E-state index in [1.54, 1.807) is 0 Å². The summed E-state index contributed by atoms with van der Waals surface area (Å²) < 4.78 is 25.9. The normalized spacial score (nSPS) is 14.2. The lowest BCUT2D eigenvalue weighted by Crippen LogP contribution is -2.35. The Morgan fingerprint density at radius 3 is 2.29 bits per heavy atom. The van der Waals surface area contributed by atoms with E-state index in [0.717, 1.165) is 18.2 Å². The molecule has 0 saturated heterocycles. The maximum Gasteiger partial charge on any atom is 0.225 e. The van der Waals surface area contributed by atoms with Gasteiger partial charge in [0.05, 0.1) is 12.0 Å². The number of aliphatic hydroxyl groups is 1. The molecule has 0 aliphatic rings. The standard InChI is InChI=1S/C12H15F2NO2/c1-7(16)11(12(17)15-2)5-8-3-9(13)6-10(14)4-8/h3-4,6-7,11,16H,5H2,1-2H3,(H,15,17). The van der Waals surface area contributed by atoms with Crippen molar-refractivity contribution in [2.45, 2.75) is 19.4 Å². The summed E-state index contributed by atoms with van der Waals surface area (Å²) in [7, 11) is 1.45. The summed E-state index contributed by atoms with van der Waals surface area (Å²) in [6.45, 7) is 1.47. The van der Waals surface area contributed by atoms with Gasteiger partial charge in [0.25, 0.3) is 0 Å². The monoisotopic (exact) mass is 243 g/mol. The Balaban J connectivity index is 2.89. The van der Waals surface area contributed by atoms with Gasteiger partial charge in [-0.1, -0.05) is 0 Å². The number of amides is 1. The van der Waals surface area contributed by atoms with Gasteiger partial charge >= 0.3 is 0 Å². The van der Waals surface area contributed by atoms with Crippen molar-refractivity contribution in [1.82, 2.24) is 5.32 Å². The van der Waals surface area contributed by atoms with Gasteiger partial charge in [0.15, 0.2) is 0 Å². The van der Waals surface area contributed by atoms with Crippen molar-refractivity contribution in [3.8, 4) is 0 Å². The zero-order valence-corrected chi connectivity index (χ0v) is 9.71. The summed E-state index contributed by atoms with van der Waals surface area (Å²) in [6.07, 6.45) is -0.798. The highest BCUT2D eigenvalue weighted by Gasteiger charge is 2.23. The topological polar surface area (TPSA) is 49.3 Å². The molecule has 0 aliphatic heterocycles. The molecule has 2 atom stereocenters. The van der Waals surface area contributed by atoms with Gasteiger partial charge in [0, 0.05) is 13.1 Å². The van der Waals surface area contributed by atoms with Crippen LogP contribution in [0.25, 0.3) is 0 Å². The lowest BCUT2D eigenvalue weighted by atomic mass is 9.94. The molecule has 3 nitrogen and oxygen atoms in total. The van der Waals surface area contributed by atoms with Crippen LogP contribution in [-0.2, 0) is 11.2 Å². The molecule has 0 heterocycles. The Labute approximate surface area is 98.5 Å². The molecule has 1 aromatic carbocycles. The molecule has 94 valence electrons. The van der Waals surface area contributed by atoms with Crippen molar-refractivity contribution in [2.24, 2.45) is 5.92 Å². The first-order valence-electron chi connectivity index (χ1n) is 5.28. The molecule has 2 N–H and O–H groups in total. The molecule has 1 aromatic rings. The van der Waals surface area contributed by atoms with Crippen LogP contribution in [0, 0.1) is 17.6 Å². The minimum absolute atomic E-state index is 0.0893. The molecule has 2 unspecified atom stereocenters. The summed E-state index contributed by atoms with van der Waals surface area (Å²) in [4.78, 5) is 11.5. The van der Waals surface area contributed by atoms with Crippen LogP contribution in [0.3, 0.4) is 0 Å². The van der Waals surface area contributed by atoms with E-state index in [0.29, 0.717) is 5.56 Å². The van der Waals surface area contributed by atoms with E-state index >= 15 is 0 Å². The van der Waals surface area contributed by atoms with E-state index in [1.807, 2.05) is 0 Å². The molecule has 0 fully saturated rings. The lowest BCUT2D eigenvalue weighted by molar-refractivity contribution is -0.127. The lowest BCUT2D eigenvalue weighted by Gasteiger charge is -2.18. The van der Waals surface area contributed by atoms with Gasteiger partial charge in [-0.3, -0.25) is 4.79 Å². The molecule has 0 aliphatic carbocycles. The quantitative estimate of drug-likeness (QED) is 0.836. The molecule has 1 amide bonds. The molecule has 17 heavy (non-hydrogen) atoms. The predicted molar refractivity (Wildman–Crippen MR) is 59.3 cm³/mol. The van der Waals surface area contributed by atoms with E-state index < -0.39 is 23.7 Å². The van der Waals surface area contributed by atoms with Crippen molar-refractivity contribution in [1.29, 1.82) is 0 Å².